The summed E-state index contributed by atoms with van der Waals surface area (Å²) in [7, 11) is -3.28. The van der Waals surface area contributed by atoms with Crippen molar-refractivity contribution in [2.45, 2.75) is 251 Å². The van der Waals surface area contributed by atoms with Crippen LogP contribution in [0.4, 0.5) is 0 Å². The number of hydrogen-bond acceptors (Lipinski definition) is 1. The van der Waals surface area contributed by atoms with Crippen LogP contribution in [0.3, 0.4) is 0 Å². The van der Waals surface area contributed by atoms with Crippen LogP contribution in [0.15, 0.2) is 0 Å². The van der Waals surface area contributed by atoms with Crippen LogP contribution in [-0.2, 0) is 4.43 Å². The summed E-state index contributed by atoms with van der Waals surface area (Å²) in [5.74, 6) is 0. The molecule has 0 aromatic heterocycles. The van der Waals surface area contributed by atoms with Crippen LogP contribution in [0.2, 0.25) is 30.2 Å². The summed E-state index contributed by atoms with van der Waals surface area (Å²) in [6.07, 6.45) is 38.5. The molecule has 1 fully saturated rings. The highest BCUT2D eigenvalue weighted by Crippen LogP contribution is 2.52. The molecule has 0 aromatic carbocycles. The summed E-state index contributed by atoms with van der Waals surface area (Å²) < 4.78 is 8.31. The zero-order chi connectivity index (χ0) is 30.8. The molecule has 1 rings (SSSR count). The normalized spacial score (nSPS) is 17.6. The minimum Gasteiger partial charge on any atom is -0.414 e. The molecule has 42 heavy (non-hydrogen) atoms. The highest BCUT2D eigenvalue weighted by molar-refractivity contribution is 7.40. The maximum atomic E-state index is 8.31. The zero-order valence-corrected chi connectivity index (χ0v) is 32.5. The first-order valence-electron chi connectivity index (χ1n) is 20.2. The second kappa shape index (κ2) is 25.6. The quantitative estimate of drug-likeness (QED) is 0.0572. The van der Waals surface area contributed by atoms with E-state index in [1.807, 2.05) is 0 Å². The molecule has 1 aliphatic rings. The van der Waals surface area contributed by atoms with Gasteiger partial charge in [0.15, 0.2) is 7.83 Å². The van der Waals surface area contributed by atoms with E-state index in [2.05, 4.69) is 41.5 Å². The monoisotopic (exact) mass is 623 g/mol. The Balaban J connectivity index is 3.49. The second-order valence-corrected chi connectivity index (χ2v) is 28.1. The minimum atomic E-state index is -1.82. The van der Waals surface area contributed by atoms with Crippen molar-refractivity contribution in [3.8, 4) is 0 Å². The lowest BCUT2D eigenvalue weighted by Gasteiger charge is -2.58. The minimum absolute atomic E-state index is 0.243. The van der Waals surface area contributed by atoms with Gasteiger partial charge in [0.25, 0.3) is 0 Å². The van der Waals surface area contributed by atoms with Crippen molar-refractivity contribution in [1.82, 2.24) is 0 Å². The number of hydrogen-bond donors (Lipinski definition) is 0. The fourth-order valence-electron chi connectivity index (χ4n) is 8.54. The molecule has 0 bridgehead atoms. The smallest absolute Gasteiger partial charge is 0.181 e. The predicted octanol–water partition coefficient (Wildman–Crippen LogP) is 14.9. The largest absolute Gasteiger partial charge is 0.414 e. The first kappa shape index (κ1) is 40.4. The summed E-state index contributed by atoms with van der Waals surface area (Å²) in [6.45, 7) is 14.3. The zero-order valence-electron chi connectivity index (χ0n) is 30.5. The Morgan fingerprint density at radius 1 is 0.405 bits per heavy atom. The molecule has 1 nitrogen and oxygen atoms in total. The lowest BCUT2D eigenvalue weighted by atomic mass is 9.87. The van der Waals surface area contributed by atoms with Gasteiger partial charge in [-0.1, -0.05) is 214 Å². The molecular weight excluding hydrogens is 541 g/mol. The molecule has 3 heteroatoms. The van der Waals surface area contributed by atoms with Gasteiger partial charge in [0.1, 0.15) is 0 Å². The van der Waals surface area contributed by atoms with Crippen molar-refractivity contribution < 1.29 is 4.43 Å². The molecular formula is C39H82OSi2. The Morgan fingerprint density at radius 2 is 0.738 bits per heavy atom. The number of unbranched alkanes of at least 4 members (excludes halogenated alkanes) is 18. The molecule has 252 valence electrons. The molecule has 0 atom stereocenters. The van der Waals surface area contributed by atoms with Crippen LogP contribution in [0.25, 0.3) is 0 Å². The van der Waals surface area contributed by atoms with Crippen LogP contribution in [0.1, 0.15) is 215 Å². The third-order valence-corrected chi connectivity index (χ3v) is 30.1. The van der Waals surface area contributed by atoms with Gasteiger partial charge in [-0.25, -0.2) is 0 Å². The van der Waals surface area contributed by atoms with Gasteiger partial charge in [-0.2, -0.15) is 0 Å². The number of rotatable bonds is 30. The molecule has 0 radical (unpaired) electrons. The van der Waals surface area contributed by atoms with Crippen molar-refractivity contribution in [2.75, 3.05) is 0 Å². The molecule has 1 heterocycles. The van der Waals surface area contributed by atoms with E-state index in [-0.39, 0.29) is 5.60 Å². The Labute approximate surface area is 269 Å². The third-order valence-electron chi connectivity index (χ3n) is 11.3. The third kappa shape index (κ3) is 15.1. The average Bonchev–Trinajstić information content (AvgIpc) is 3.00. The Morgan fingerprint density at radius 3 is 1.10 bits per heavy atom. The predicted molar refractivity (Wildman–Crippen MR) is 198 cm³/mol. The van der Waals surface area contributed by atoms with Crippen LogP contribution in [0.5, 0.6) is 0 Å². The highest BCUT2D eigenvalue weighted by atomic mass is 29.3. The van der Waals surface area contributed by atoms with Crippen molar-refractivity contribution in [3.05, 3.63) is 0 Å². The van der Waals surface area contributed by atoms with Crippen molar-refractivity contribution in [3.63, 3.8) is 0 Å². The Kier molecular flexibility index (Phi) is 24.6. The van der Waals surface area contributed by atoms with Crippen LogP contribution < -0.4 is 0 Å². The van der Waals surface area contributed by atoms with E-state index in [4.69, 9.17) is 4.43 Å². The van der Waals surface area contributed by atoms with Gasteiger partial charge in [0, 0.05) is 0 Å². The molecule has 1 saturated heterocycles. The van der Waals surface area contributed by atoms with E-state index < -0.39 is 15.4 Å². The van der Waals surface area contributed by atoms with Gasteiger partial charge in [-0.15, -0.1) is 0 Å². The van der Waals surface area contributed by atoms with Crippen molar-refractivity contribution in [1.29, 1.82) is 0 Å². The van der Waals surface area contributed by atoms with Gasteiger partial charge in [0.05, 0.1) is 13.2 Å². The van der Waals surface area contributed by atoms with E-state index in [1.165, 1.54) is 173 Å². The van der Waals surface area contributed by atoms with Crippen molar-refractivity contribution >= 4 is 15.4 Å². The summed E-state index contributed by atoms with van der Waals surface area (Å²) in [5.41, 5.74) is 0.243. The van der Waals surface area contributed by atoms with E-state index in [1.54, 1.807) is 30.2 Å². The average molecular weight is 623 g/mol. The summed E-state index contributed by atoms with van der Waals surface area (Å²) in [5, 5.41) is 0. The van der Waals surface area contributed by atoms with E-state index in [0.29, 0.717) is 0 Å². The maximum Gasteiger partial charge on any atom is 0.181 e. The fourth-order valence-corrected chi connectivity index (χ4v) is 29.0. The lowest BCUT2D eigenvalue weighted by molar-refractivity contribution is 0.0259. The first-order valence-corrected chi connectivity index (χ1v) is 26.2. The topological polar surface area (TPSA) is 9.23 Å². The highest BCUT2D eigenvalue weighted by Gasteiger charge is 2.60. The van der Waals surface area contributed by atoms with E-state index >= 15 is 0 Å². The maximum absolute atomic E-state index is 8.31. The summed E-state index contributed by atoms with van der Waals surface area (Å²) in [6, 6.07) is 8.00. The molecule has 0 spiro atoms. The van der Waals surface area contributed by atoms with Gasteiger partial charge in [-0.3, -0.25) is 0 Å². The second-order valence-electron chi connectivity index (χ2n) is 14.9. The van der Waals surface area contributed by atoms with E-state index in [0.717, 1.165) is 0 Å². The molecule has 0 saturated carbocycles. The van der Waals surface area contributed by atoms with Gasteiger partial charge in [-0.05, 0) is 31.4 Å². The summed E-state index contributed by atoms with van der Waals surface area (Å²) >= 11 is 0. The molecule has 0 amide bonds. The molecule has 1 aliphatic heterocycles. The molecule has 0 aromatic rings. The van der Waals surface area contributed by atoms with Gasteiger partial charge < -0.3 is 4.43 Å². The molecule has 0 unspecified atom stereocenters. The van der Waals surface area contributed by atoms with E-state index in [9.17, 15) is 0 Å². The van der Waals surface area contributed by atoms with Crippen LogP contribution in [-0.4, -0.2) is 21.0 Å². The Hall–Kier alpha value is 0.394. The van der Waals surface area contributed by atoms with Gasteiger partial charge >= 0.3 is 0 Å². The van der Waals surface area contributed by atoms with Gasteiger partial charge in [0.2, 0.25) is 0 Å². The first-order chi connectivity index (χ1) is 20.5. The van der Waals surface area contributed by atoms with Crippen LogP contribution in [0, 0.1) is 0 Å². The molecule has 0 aliphatic carbocycles. The SMILES string of the molecule is CCCCCCC1(CCCCCC)CC[Si](CCCCCC)(CCCCCC)[Si](CCCCCC)(CCCCCC)O1. The fraction of sp³-hybridized carbons (Fsp3) is 1.00. The molecule has 0 N–H and O–H groups in total. The van der Waals surface area contributed by atoms with Crippen molar-refractivity contribution in [2.24, 2.45) is 0 Å². The summed E-state index contributed by atoms with van der Waals surface area (Å²) in [4.78, 5) is 0. The lowest BCUT2D eigenvalue weighted by Crippen LogP contribution is -2.71. The standard InChI is InChI=1S/C39H82OSi2/c1-7-13-19-25-31-39(32-26-20-14-8-2)33-38-41(34-27-21-15-9-3,35-28-22-16-10-4)42(40-39,36-29-23-17-11-5)37-30-24-18-12-6/h7-38H2,1-6H3. The Bertz CT molecular complexity index is 555. The van der Waals surface area contributed by atoms with Crippen LogP contribution >= 0.6 is 0 Å².